The molecule has 0 fully saturated rings. The largest absolute Gasteiger partial charge is 0.364 e. The van der Waals surface area contributed by atoms with Gasteiger partial charge in [0.1, 0.15) is 11.8 Å². The van der Waals surface area contributed by atoms with Crippen LogP contribution in [0.3, 0.4) is 0 Å². The molecule has 2 N–H and O–H groups in total. The molecule has 0 aliphatic rings. The van der Waals surface area contributed by atoms with Gasteiger partial charge in [-0.2, -0.15) is 0 Å². The van der Waals surface area contributed by atoms with Crippen molar-refractivity contribution in [3.63, 3.8) is 0 Å². The minimum Gasteiger partial charge on any atom is -0.364 e. The third kappa shape index (κ3) is 2.76. The van der Waals surface area contributed by atoms with Gasteiger partial charge in [0, 0.05) is 6.54 Å². The number of aromatic amines is 1. The molecule has 4 aromatic rings. The van der Waals surface area contributed by atoms with Gasteiger partial charge in [-0.25, -0.2) is 15.0 Å². The molecule has 23 heavy (non-hydrogen) atoms. The predicted octanol–water partition coefficient (Wildman–Crippen LogP) is 3.63. The maximum Gasteiger partial charge on any atom is 0.182 e. The molecule has 0 spiro atoms. The zero-order valence-corrected chi connectivity index (χ0v) is 12.4. The van der Waals surface area contributed by atoms with Crippen LogP contribution >= 0.6 is 0 Å². The van der Waals surface area contributed by atoms with E-state index < -0.39 is 0 Å². The molecule has 0 amide bonds. The summed E-state index contributed by atoms with van der Waals surface area (Å²) in [5.41, 5.74) is 5.13. The number of nitrogens with one attached hydrogen (secondary N) is 2. The predicted molar refractivity (Wildman–Crippen MR) is 90.9 cm³/mol. The number of H-pyrrole nitrogens is 1. The number of rotatable bonds is 4. The molecule has 0 atom stereocenters. The van der Waals surface area contributed by atoms with E-state index in [0.29, 0.717) is 12.2 Å². The van der Waals surface area contributed by atoms with E-state index in [2.05, 4.69) is 73.8 Å². The van der Waals surface area contributed by atoms with Crippen molar-refractivity contribution in [2.75, 3.05) is 5.32 Å². The second-order valence-electron chi connectivity index (χ2n) is 5.24. The molecule has 2 heterocycles. The summed E-state index contributed by atoms with van der Waals surface area (Å²) >= 11 is 0. The van der Waals surface area contributed by atoms with E-state index >= 15 is 0 Å². The molecule has 112 valence electrons. The number of nitrogens with zero attached hydrogens (tertiary/aromatic N) is 3. The Morgan fingerprint density at radius 1 is 0.826 bits per heavy atom. The highest BCUT2D eigenvalue weighted by molar-refractivity contribution is 5.81. The Kier molecular flexibility index (Phi) is 3.44. The molecule has 2 aromatic heterocycles. The van der Waals surface area contributed by atoms with E-state index in [0.717, 1.165) is 11.3 Å². The van der Waals surface area contributed by atoms with Gasteiger partial charge >= 0.3 is 0 Å². The van der Waals surface area contributed by atoms with Gasteiger partial charge in [0.05, 0.1) is 6.33 Å². The van der Waals surface area contributed by atoms with Gasteiger partial charge < -0.3 is 10.3 Å². The number of benzene rings is 2. The van der Waals surface area contributed by atoms with E-state index in [1.807, 2.05) is 6.07 Å². The van der Waals surface area contributed by atoms with Crippen LogP contribution in [0.15, 0.2) is 67.3 Å². The Bertz CT molecular complexity index is 913. The van der Waals surface area contributed by atoms with Crippen molar-refractivity contribution in [3.05, 3.63) is 72.8 Å². The molecule has 0 saturated heterocycles. The lowest BCUT2D eigenvalue weighted by molar-refractivity contribution is 1.10. The first-order chi connectivity index (χ1) is 11.4. The second-order valence-corrected chi connectivity index (χ2v) is 5.24. The molecule has 0 bridgehead atoms. The molecular formula is C18H15N5. The van der Waals surface area contributed by atoms with Gasteiger partial charge in [-0.15, -0.1) is 0 Å². The first kappa shape index (κ1) is 13.5. The SMILES string of the molecule is c1ccc(-c2ccc(CNc3ncnc4nc[nH]c34)cc2)cc1. The maximum atomic E-state index is 4.27. The van der Waals surface area contributed by atoms with Crippen LogP contribution in [0.2, 0.25) is 0 Å². The fourth-order valence-electron chi connectivity index (χ4n) is 2.53. The number of hydrogen-bond donors (Lipinski definition) is 2. The maximum absolute atomic E-state index is 4.27. The zero-order valence-electron chi connectivity index (χ0n) is 12.4. The van der Waals surface area contributed by atoms with Crippen molar-refractivity contribution in [3.8, 4) is 11.1 Å². The summed E-state index contributed by atoms with van der Waals surface area (Å²) in [6.45, 7) is 0.695. The third-order valence-electron chi connectivity index (χ3n) is 3.74. The van der Waals surface area contributed by atoms with Crippen molar-refractivity contribution >= 4 is 17.0 Å². The van der Waals surface area contributed by atoms with Crippen molar-refractivity contribution in [2.45, 2.75) is 6.54 Å². The molecule has 0 unspecified atom stereocenters. The molecular weight excluding hydrogens is 286 g/mol. The Morgan fingerprint density at radius 3 is 2.43 bits per heavy atom. The molecule has 0 aliphatic carbocycles. The van der Waals surface area contributed by atoms with Crippen LogP contribution in [-0.4, -0.2) is 19.9 Å². The quantitative estimate of drug-likeness (QED) is 0.604. The van der Waals surface area contributed by atoms with Gasteiger partial charge in [-0.05, 0) is 16.7 Å². The fraction of sp³-hybridized carbons (Fsp3) is 0.0556. The summed E-state index contributed by atoms with van der Waals surface area (Å²) in [6.07, 6.45) is 3.14. The Morgan fingerprint density at radius 2 is 1.61 bits per heavy atom. The topological polar surface area (TPSA) is 66.5 Å². The normalized spacial score (nSPS) is 10.8. The average Bonchev–Trinajstić information content (AvgIpc) is 3.10. The van der Waals surface area contributed by atoms with Crippen LogP contribution < -0.4 is 5.32 Å². The molecule has 2 aromatic carbocycles. The Balaban J connectivity index is 1.50. The summed E-state index contributed by atoms with van der Waals surface area (Å²) in [6, 6.07) is 18.9. The van der Waals surface area contributed by atoms with Crippen molar-refractivity contribution in [2.24, 2.45) is 0 Å². The van der Waals surface area contributed by atoms with Gasteiger partial charge in [0.15, 0.2) is 11.5 Å². The first-order valence-electron chi connectivity index (χ1n) is 7.42. The summed E-state index contributed by atoms with van der Waals surface area (Å²) in [5, 5.41) is 3.33. The number of fused-ring (bicyclic) bond motifs is 1. The van der Waals surface area contributed by atoms with Crippen LogP contribution in [-0.2, 0) is 6.54 Å². The first-order valence-corrected chi connectivity index (χ1v) is 7.42. The summed E-state index contributed by atoms with van der Waals surface area (Å²) in [4.78, 5) is 15.6. The lowest BCUT2D eigenvalue weighted by Gasteiger charge is -2.07. The highest BCUT2D eigenvalue weighted by atomic mass is 15.1. The van der Waals surface area contributed by atoms with Crippen LogP contribution in [0.5, 0.6) is 0 Å². The smallest absolute Gasteiger partial charge is 0.182 e. The molecule has 5 heteroatoms. The number of imidazole rings is 1. The molecule has 0 aliphatic heterocycles. The van der Waals surface area contributed by atoms with Gasteiger partial charge in [0.25, 0.3) is 0 Å². The molecule has 0 radical (unpaired) electrons. The standard InChI is InChI=1S/C18H15N5/c1-2-4-14(5-3-1)15-8-6-13(7-9-15)10-19-17-16-18(21-11-20-16)23-12-22-17/h1-9,11-12H,10H2,(H2,19,20,21,22,23). The van der Waals surface area contributed by atoms with Crippen molar-refractivity contribution < 1.29 is 0 Å². The van der Waals surface area contributed by atoms with Crippen LogP contribution in [0.25, 0.3) is 22.3 Å². The highest BCUT2D eigenvalue weighted by Gasteiger charge is 2.05. The average molecular weight is 301 g/mol. The third-order valence-corrected chi connectivity index (χ3v) is 3.74. The van der Waals surface area contributed by atoms with Gasteiger partial charge in [-0.3, -0.25) is 0 Å². The minimum atomic E-state index is 0.668. The summed E-state index contributed by atoms with van der Waals surface area (Å²) < 4.78 is 0. The highest BCUT2D eigenvalue weighted by Crippen LogP contribution is 2.20. The van der Waals surface area contributed by atoms with Gasteiger partial charge in [0.2, 0.25) is 0 Å². The lowest BCUT2D eigenvalue weighted by atomic mass is 10.0. The van der Waals surface area contributed by atoms with Crippen LogP contribution in [0, 0.1) is 0 Å². The van der Waals surface area contributed by atoms with Crippen molar-refractivity contribution in [1.82, 2.24) is 19.9 Å². The molecule has 4 rings (SSSR count). The van der Waals surface area contributed by atoms with E-state index in [-0.39, 0.29) is 0 Å². The Hall–Kier alpha value is -3.21. The lowest BCUT2D eigenvalue weighted by Crippen LogP contribution is -2.02. The van der Waals surface area contributed by atoms with E-state index in [4.69, 9.17) is 0 Å². The van der Waals surface area contributed by atoms with E-state index in [1.54, 1.807) is 6.33 Å². The minimum absolute atomic E-state index is 0.668. The Labute approximate surface area is 133 Å². The number of anilines is 1. The van der Waals surface area contributed by atoms with E-state index in [9.17, 15) is 0 Å². The number of hydrogen-bond acceptors (Lipinski definition) is 4. The van der Waals surface area contributed by atoms with Crippen molar-refractivity contribution in [1.29, 1.82) is 0 Å². The van der Waals surface area contributed by atoms with Crippen LogP contribution in [0.1, 0.15) is 5.56 Å². The van der Waals surface area contributed by atoms with Crippen LogP contribution in [0.4, 0.5) is 5.82 Å². The van der Waals surface area contributed by atoms with E-state index in [1.165, 1.54) is 23.0 Å². The molecule has 0 saturated carbocycles. The van der Waals surface area contributed by atoms with Gasteiger partial charge in [-0.1, -0.05) is 54.6 Å². The summed E-state index contributed by atoms with van der Waals surface area (Å²) in [7, 11) is 0. The monoisotopic (exact) mass is 301 g/mol. The molecule has 5 nitrogen and oxygen atoms in total. The number of aromatic nitrogens is 4. The summed E-state index contributed by atoms with van der Waals surface area (Å²) in [5.74, 6) is 0.764. The second kappa shape index (κ2) is 5.88. The fourth-order valence-corrected chi connectivity index (χ4v) is 2.53. The zero-order chi connectivity index (χ0) is 15.5.